The van der Waals surface area contributed by atoms with Crippen molar-refractivity contribution in [1.29, 1.82) is 0 Å². The van der Waals surface area contributed by atoms with Crippen LogP contribution in [0.3, 0.4) is 0 Å². The minimum Gasteiger partial charge on any atom is -0.368 e. The Hall–Kier alpha value is -2.79. The fourth-order valence-electron chi connectivity index (χ4n) is 4.59. The van der Waals surface area contributed by atoms with E-state index in [1.807, 2.05) is 4.90 Å². The smallest absolute Gasteiger partial charge is 0.261 e. The molecule has 1 atom stereocenters. The number of anilines is 1. The third-order valence-electron chi connectivity index (χ3n) is 6.68. The van der Waals surface area contributed by atoms with Gasteiger partial charge in [-0.15, -0.1) is 0 Å². The molecular formula is C28H27Cl2F3N2O4S. The lowest BCUT2D eigenvalue weighted by molar-refractivity contribution is -0.0180. The molecule has 1 heterocycles. The first-order valence-corrected chi connectivity index (χ1v) is 15.0. The summed E-state index contributed by atoms with van der Waals surface area (Å²) in [7, 11) is -3.58. The van der Waals surface area contributed by atoms with E-state index < -0.39 is 34.8 Å². The second-order valence-corrected chi connectivity index (χ2v) is 12.3. The number of alkyl halides is 2. The van der Waals surface area contributed by atoms with Gasteiger partial charge in [-0.1, -0.05) is 41.4 Å². The Kier molecular flexibility index (Phi) is 9.34. The van der Waals surface area contributed by atoms with Crippen LogP contribution in [0.4, 0.5) is 18.9 Å². The van der Waals surface area contributed by atoms with Gasteiger partial charge in [-0.3, -0.25) is 4.79 Å². The molecule has 1 aliphatic heterocycles. The van der Waals surface area contributed by atoms with Gasteiger partial charge in [0, 0.05) is 59.3 Å². The van der Waals surface area contributed by atoms with Crippen molar-refractivity contribution in [1.82, 2.24) is 4.90 Å². The van der Waals surface area contributed by atoms with Gasteiger partial charge < -0.3 is 14.5 Å². The van der Waals surface area contributed by atoms with Crippen molar-refractivity contribution in [2.75, 3.05) is 43.9 Å². The van der Waals surface area contributed by atoms with Gasteiger partial charge in [-0.25, -0.2) is 21.6 Å². The van der Waals surface area contributed by atoms with Crippen molar-refractivity contribution < 1.29 is 31.1 Å². The van der Waals surface area contributed by atoms with Crippen LogP contribution in [0.2, 0.25) is 10.0 Å². The largest absolute Gasteiger partial charge is 0.368 e. The molecule has 0 aliphatic carbocycles. The van der Waals surface area contributed by atoms with E-state index in [0.29, 0.717) is 48.6 Å². The summed E-state index contributed by atoms with van der Waals surface area (Å²) in [5.74, 6) is -0.773. The zero-order chi connectivity index (χ0) is 29.2. The molecule has 0 spiro atoms. The first-order chi connectivity index (χ1) is 18.8. The lowest BCUT2D eigenvalue weighted by Crippen LogP contribution is -2.49. The summed E-state index contributed by atoms with van der Waals surface area (Å²) in [6, 6.07) is 13.4. The van der Waals surface area contributed by atoms with Crippen LogP contribution in [-0.4, -0.2) is 64.7 Å². The number of sulfone groups is 1. The van der Waals surface area contributed by atoms with Gasteiger partial charge >= 0.3 is 0 Å². The molecule has 0 aromatic heterocycles. The molecule has 12 heteroatoms. The van der Waals surface area contributed by atoms with E-state index in [2.05, 4.69) is 0 Å². The summed E-state index contributed by atoms with van der Waals surface area (Å²) in [5.41, 5.74) is 2.41. The Labute approximate surface area is 241 Å². The zero-order valence-electron chi connectivity index (χ0n) is 21.7. The lowest BCUT2D eigenvalue weighted by Gasteiger charge is -2.37. The molecule has 0 N–H and O–H groups in total. The van der Waals surface area contributed by atoms with E-state index in [9.17, 15) is 26.4 Å². The van der Waals surface area contributed by atoms with Gasteiger partial charge in [0.2, 0.25) is 0 Å². The van der Waals surface area contributed by atoms with Crippen molar-refractivity contribution in [2.45, 2.75) is 24.3 Å². The summed E-state index contributed by atoms with van der Waals surface area (Å²) in [6.07, 6.45) is -2.27. The quantitative estimate of drug-likeness (QED) is 0.289. The maximum absolute atomic E-state index is 13.6. The number of nitrogens with zero attached hydrogens (tertiary/aromatic N) is 2. The molecule has 1 saturated heterocycles. The van der Waals surface area contributed by atoms with E-state index in [-0.39, 0.29) is 26.4 Å². The average Bonchev–Trinajstić information content (AvgIpc) is 2.91. The van der Waals surface area contributed by atoms with Crippen molar-refractivity contribution in [3.8, 4) is 11.1 Å². The maximum Gasteiger partial charge on any atom is 0.261 e. The highest BCUT2D eigenvalue weighted by Gasteiger charge is 2.27. The topological polar surface area (TPSA) is 66.9 Å². The van der Waals surface area contributed by atoms with Crippen LogP contribution >= 0.6 is 23.2 Å². The molecule has 0 radical (unpaired) electrons. The van der Waals surface area contributed by atoms with Crippen molar-refractivity contribution >= 4 is 44.6 Å². The summed E-state index contributed by atoms with van der Waals surface area (Å²) in [4.78, 5) is 17.3. The van der Waals surface area contributed by atoms with E-state index >= 15 is 0 Å². The fourth-order valence-corrected chi connectivity index (χ4v) is 6.02. The lowest BCUT2D eigenvalue weighted by atomic mass is 9.98. The number of amides is 1. The van der Waals surface area contributed by atoms with Crippen LogP contribution in [0, 0.1) is 5.82 Å². The number of carbonyl (C=O) groups excluding carboxylic acids is 1. The molecule has 3 aromatic rings. The Morgan fingerprint density at radius 3 is 2.12 bits per heavy atom. The number of rotatable bonds is 8. The Balaban J connectivity index is 1.54. The van der Waals surface area contributed by atoms with Crippen LogP contribution in [0.1, 0.15) is 28.9 Å². The van der Waals surface area contributed by atoms with E-state index in [0.717, 1.165) is 6.26 Å². The number of benzene rings is 3. The Bertz CT molecular complexity index is 1470. The predicted molar refractivity (Wildman–Crippen MR) is 150 cm³/mol. The number of ether oxygens (including phenoxy) is 1. The third-order valence-corrected chi connectivity index (χ3v) is 8.42. The molecule has 4 rings (SSSR count). The van der Waals surface area contributed by atoms with Gasteiger partial charge in [0.25, 0.3) is 12.3 Å². The normalized spacial score (nSPS) is 15.0. The number of hydrogen-bond donors (Lipinski definition) is 0. The second-order valence-electron chi connectivity index (χ2n) is 9.46. The molecule has 1 fully saturated rings. The maximum atomic E-state index is 13.6. The van der Waals surface area contributed by atoms with Gasteiger partial charge in [-0.05, 0) is 54.4 Å². The Morgan fingerprint density at radius 2 is 1.57 bits per heavy atom. The monoisotopic (exact) mass is 614 g/mol. The van der Waals surface area contributed by atoms with E-state index in [1.165, 1.54) is 36.4 Å². The van der Waals surface area contributed by atoms with Crippen LogP contribution in [0.5, 0.6) is 0 Å². The van der Waals surface area contributed by atoms with Crippen LogP contribution in [-0.2, 0) is 14.6 Å². The standard InChI is InChI=1S/C28H27Cl2F3N2O4S/c1-17(39-16-26(32)33)27-24(29)13-20(14-25(27)30)34-9-11-35(12-10-34)28(36)23-15-21(40(2,37)38)7-8-22(23)18-3-5-19(31)6-4-18/h3-8,13-15,17,26H,9-12,16H2,1-2H3. The fraction of sp³-hybridized carbons (Fsp3) is 0.321. The molecule has 214 valence electrons. The molecule has 1 amide bonds. The predicted octanol–water partition coefficient (Wildman–Crippen LogP) is 6.51. The first-order valence-electron chi connectivity index (χ1n) is 12.4. The van der Waals surface area contributed by atoms with E-state index in [1.54, 1.807) is 30.0 Å². The van der Waals surface area contributed by atoms with Crippen LogP contribution in [0.15, 0.2) is 59.5 Å². The second kappa shape index (κ2) is 12.4. The van der Waals surface area contributed by atoms with Crippen molar-refractivity contribution in [3.63, 3.8) is 0 Å². The molecule has 6 nitrogen and oxygen atoms in total. The van der Waals surface area contributed by atoms with Crippen molar-refractivity contribution in [3.05, 3.63) is 81.6 Å². The molecule has 0 bridgehead atoms. The van der Waals surface area contributed by atoms with Gasteiger partial charge in [0.05, 0.1) is 11.0 Å². The minimum atomic E-state index is -3.58. The SMILES string of the molecule is CC(OCC(F)F)c1c(Cl)cc(N2CCN(C(=O)c3cc(S(C)(=O)=O)ccc3-c3ccc(F)cc3)CC2)cc1Cl. The summed E-state index contributed by atoms with van der Waals surface area (Å²) in [6.45, 7) is 2.39. The van der Waals surface area contributed by atoms with Gasteiger partial charge in [0.1, 0.15) is 12.4 Å². The summed E-state index contributed by atoms with van der Waals surface area (Å²) < 4.78 is 68.2. The zero-order valence-corrected chi connectivity index (χ0v) is 24.0. The average molecular weight is 616 g/mol. The van der Waals surface area contributed by atoms with Crippen LogP contribution < -0.4 is 4.90 Å². The highest BCUT2D eigenvalue weighted by Crippen LogP contribution is 2.37. The van der Waals surface area contributed by atoms with Gasteiger partial charge in [-0.2, -0.15) is 0 Å². The molecular weight excluding hydrogens is 588 g/mol. The highest BCUT2D eigenvalue weighted by molar-refractivity contribution is 7.90. The molecule has 1 unspecified atom stereocenters. The van der Waals surface area contributed by atoms with E-state index in [4.69, 9.17) is 27.9 Å². The summed E-state index contributed by atoms with van der Waals surface area (Å²) in [5, 5.41) is 0.564. The van der Waals surface area contributed by atoms with Crippen molar-refractivity contribution in [2.24, 2.45) is 0 Å². The van der Waals surface area contributed by atoms with Gasteiger partial charge in [0.15, 0.2) is 9.84 Å². The highest BCUT2D eigenvalue weighted by atomic mass is 35.5. The van der Waals surface area contributed by atoms with Crippen LogP contribution in [0.25, 0.3) is 11.1 Å². The number of piperazine rings is 1. The number of hydrogen-bond acceptors (Lipinski definition) is 5. The molecule has 1 aliphatic rings. The molecule has 40 heavy (non-hydrogen) atoms. The molecule has 3 aromatic carbocycles. The number of halogens is 5. The summed E-state index contributed by atoms with van der Waals surface area (Å²) >= 11 is 12.9. The minimum absolute atomic E-state index is 0.0106. The molecule has 0 saturated carbocycles. The Morgan fingerprint density at radius 1 is 0.975 bits per heavy atom. The third kappa shape index (κ3) is 6.91. The first kappa shape index (κ1) is 30.2. The number of carbonyl (C=O) groups is 1.